The Morgan fingerprint density at radius 2 is 1.61 bits per heavy atom. The topological polar surface area (TPSA) is 104 Å². The first-order valence-electron chi connectivity index (χ1n) is 10.8. The molecule has 170 valence electrons. The number of ether oxygens (including phenoxy) is 3. The fourth-order valence-electron chi connectivity index (χ4n) is 4.07. The van der Waals surface area contributed by atoms with Gasteiger partial charge in [-0.25, -0.2) is 4.98 Å². The van der Waals surface area contributed by atoms with Crippen LogP contribution < -0.4 is 30.6 Å². The summed E-state index contributed by atoms with van der Waals surface area (Å²) in [6.45, 7) is 5.65. The van der Waals surface area contributed by atoms with Crippen molar-refractivity contribution in [3.63, 3.8) is 0 Å². The predicted octanol–water partition coefficient (Wildman–Crippen LogP) is 3.46. The molecule has 1 heterocycles. The molecular weight excluding hydrogens is 394 g/mol. The lowest BCUT2D eigenvalue weighted by Gasteiger charge is -2.29. The van der Waals surface area contributed by atoms with E-state index in [0.717, 1.165) is 42.8 Å². The van der Waals surface area contributed by atoms with E-state index in [2.05, 4.69) is 20.6 Å². The van der Waals surface area contributed by atoms with Gasteiger partial charge in [0, 0.05) is 23.8 Å². The minimum absolute atomic E-state index is 0.396. The molecule has 0 atom stereocenters. The lowest BCUT2D eigenvalue weighted by Crippen LogP contribution is -2.31. The van der Waals surface area contributed by atoms with E-state index < -0.39 is 0 Å². The molecule has 1 aliphatic carbocycles. The molecule has 1 aliphatic rings. The Bertz CT molecular complexity index is 834. The number of nitrogens with two attached hydrogens (primary N) is 1. The van der Waals surface area contributed by atoms with E-state index in [1.54, 1.807) is 21.3 Å². The lowest BCUT2D eigenvalue weighted by molar-refractivity contribution is 0.319. The summed E-state index contributed by atoms with van der Waals surface area (Å²) in [6, 6.07) is 4.38. The van der Waals surface area contributed by atoms with Crippen molar-refractivity contribution in [2.45, 2.75) is 52.1 Å². The molecule has 0 aliphatic heterocycles. The molecule has 1 aromatic carbocycles. The molecule has 8 nitrogen and oxygen atoms in total. The molecule has 1 aromatic heterocycles. The third-order valence-electron chi connectivity index (χ3n) is 6.09. The van der Waals surface area contributed by atoms with E-state index >= 15 is 0 Å². The van der Waals surface area contributed by atoms with Crippen molar-refractivity contribution in [3.05, 3.63) is 29.0 Å². The predicted molar refractivity (Wildman–Crippen MR) is 123 cm³/mol. The van der Waals surface area contributed by atoms with Gasteiger partial charge in [0.1, 0.15) is 5.82 Å². The van der Waals surface area contributed by atoms with Crippen molar-refractivity contribution >= 4 is 11.8 Å². The Morgan fingerprint density at radius 1 is 0.968 bits per heavy atom. The normalized spacial score (nSPS) is 18.5. The largest absolute Gasteiger partial charge is 0.493 e. The number of hydrogen-bond donors (Lipinski definition) is 3. The Labute approximate surface area is 184 Å². The third kappa shape index (κ3) is 5.70. The maximum absolute atomic E-state index is 5.98. The molecule has 1 fully saturated rings. The molecule has 0 saturated heterocycles. The zero-order chi connectivity index (χ0) is 22.4. The molecule has 8 heteroatoms. The van der Waals surface area contributed by atoms with Gasteiger partial charge in [0.2, 0.25) is 11.7 Å². The van der Waals surface area contributed by atoms with E-state index in [1.165, 1.54) is 12.8 Å². The smallest absolute Gasteiger partial charge is 0.225 e. The van der Waals surface area contributed by atoms with Crippen molar-refractivity contribution in [3.8, 4) is 17.2 Å². The van der Waals surface area contributed by atoms with E-state index in [-0.39, 0.29) is 0 Å². The zero-order valence-electron chi connectivity index (χ0n) is 19.2. The van der Waals surface area contributed by atoms with Crippen LogP contribution in [0, 0.1) is 19.8 Å². The number of nitrogen functional groups attached to an aromatic ring is 1. The summed E-state index contributed by atoms with van der Waals surface area (Å²) < 4.78 is 16.3. The number of hydrogen-bond acceptors (Lipinski definition) is 8. The minimum atomic E-state index is 0.396. The van der Waals surface area contributed by atoms with Crippen LogP contribution in [0.2, 0.25) is 0 Å². The molecule has 0 spiro atoms. The van der Waals surface area contributed by atoms with Gasteiger partial charge in [0.25, 0.3) is 0 Å². The Hall–Kier alpha value is -2.74. The first-order valence-corrected chi connectivity index (χ1v) is 10.8. The third-order valence-corrected chi connectivity index (χ3v) is 6.09. The van der Waals surface area contributed by atoms with Crippen LogP contribution in [-0.4, -0.2) is 43.9 Å². The number of nitrogens with one attached hydrogen (secondary N) is 2. The number of rotatable bonds is 9. The van der Waals surface area contributed by atoms with E-state index in [9.17, 15) is 0 Å². The molecule has 3 rings (SSSR count). The number of nitrogens with zero attached hydrogens (tertiary/aromatic N) is 2. The number of anilines is 2. The van der Waals surface area contributed by atoms with Crippen LogP contribution in [0.5, 0.6) is 17.2 Å². The van der Waals surface area contributed by atoms with Crippen LogP contribution in [0.4, 0.5) is 11.8 Å². The Balaban J connectivity index is 1.47. The summed E-state index contributed by atoms with van der Waals surface area (Å²) in [5, 5.41) is 7.05. The van der Waals surface area contributed by atoms with Gasteiger partial charge in [-0.05, 0) is 69.7 Å². The van der Waals surface area contributed by atoms with Crippen molar-refractivity contribution in [2.24, 2.45) is 5.92 Å². The van der Waals surface area contributed by atoms with Gasteiger partial charge in [-0.15, -0.1) is 0 Å². The highest BCUT2D eigenvalue weighted by Gasteiger charge is 2.22. The summed E-state index contributed by atoms with van der Waals surface area (Å²) >= 11 is 0. The van der Waals surface area contributed by atoms with E-state index in [4.69, 9.17) is 19.9 Å². The molecule has 0 amide bonds. The van der Waals surface area contributed by atoms with Gasteiger partial charge in [0.15, 0.2) is 11.5 Å². The second-order valence-corrected chi connectivity index (χ2v) is 8.17. The number of aromatic nitrogens is 2. The van der Waals surface area contributed by atoms with Crippen LogP contribution >= 0.6 is 0 Å². The Kier molecular flexibility index (Phi) is 7.79. The molecule has 1 saturated carbocycles. The highest BCUT2D eigenvalue weighted by Crippen LogP contribution is 2.38. The minimum Gasteiger partial charge on any atom is -0.493 e. The van der Waals surface area contributed by atoms with E-state index in [1.807, 2.05) is 26.0 Å². The molecule has 0 bridgehead atoms. The average molecular weight is 430 g/mol. The summed E-state index contributed by atoms with van der Waals surface area (Å²) in [5.41, 5.74) is 8.97. The zero-order valence-corrected chi connectivity index (χ0v) is 19.2. The van der Waals surface area contributed by atoms with Crippen LogP contribution in [0.25, 0.3) is 0 Å². The number of methoxy groups -OCH3 is 3. The standard InChI is InChI=1S/C23H35N5O3/c1-14-15(2)26-23(28-22(14)24)27-18-8-6-16(7-9-18)12-25-13-17-10-19(29-3)21(31-5)20(11-17)30-4/h10-11,16,18,25H,6-9,12-13H2,1-5H3,(H3,24,26,27,28)/t16-,18+. The molecular formula is C23H35N5O3. The molecule has 4 N–H and O–H groups in total. The second-order valence-electron chi connectivity index (χ2n) is 8.17. The first-order chi connectivity index (χ1) is 14.9. The Morgan fingerprint density at radius 3 is 2.16 bits per heavy atom. The van der Waals surface area contributed by atoms with Gasteiger partial charge in [-0.1, -0.05) is 0 Å². The van der Waals surface area contributed by atoms with Crippen LogP contribution in [0.3, 0.4) is 0 Å². The highest BCUT2D eigenvalue weighted by molar-refractivity contribution is 5.53. The second kappa shape index (κ2) is 10.5. The SMILES string of the molecule is COc1cc(CNC[C@H]2CC[C@@H](Nc3nc(C)c(C)c(N)n3)CC2)cc(OC)c1OC. The summed E-state index contributed by atoms with van der Waals surface area (Å²) in [7, 11) is 4.89. The summed E-state index contributed by atoms with van der Waals surface area (Å²) in [6.07, 6.45) is 4.54. The maximum atomic E-state index is 5.98. The van der Waals surface area contributed by atoms with Crippen LogP contribution in [0.15, 0.2) is 12.1 Å². The maximum Gasteiger partial charge on any atom is 0.225 e. The fourth-order valence-corrected chi connectivity index (χ4v) is 4.07. The van der Waals surface area contributed by atoms with Crippen LogP contribution in [-0.2, 0) is 6.54 Å². The number of aryl methyl sites for hydroxylation is 1. The van der Waals surface area contributed by atoms with Gasteiger partial charge in [-0.2, -0.15) is 4.98 Å². The number of benzene rings is 1. The van der Waals surface area contributed by atoms with Gasteiger partial charge >= 0.3 is 0 Å². The highest BCUT2D eigenvalue weighted by atomic mass is 16.5. The first kappa shape index (κ1) is 22.9. The summed E-state index contributed by atoms with van der Waals surface area (Å²) in [4.78, 5) is 8.91. The average Bonchev–Trinajstić information content (AvgIpc) is 2.77. The summed E-state index contributed by atoms with van der Waals surface area (Å²) in [5.74, 6) is 3.84. The van der Waals surface area contributed by atoms with Crippen molar-refractivity contribution in [2.75, 3.05) is 38.9 Å². The quantitative estimate of drug-likeness (QED) is 0.557. The van der Waals surface area contributed by atoms with Gasteiger partial charge < -0.3 is 30.6 Å². The van der Waals surface area contributed by atoms with Crippen molar-refractivity contribution in [1.29, 1.82) is 0 Å². The van der Waals surface area contributed by atoms with Crippen molar-refractivity contribution < 1.29 is 14.2 Å². The molecule has 2 aromatic rings. The molecule has 31 heavy (non-hydrogen) atoms. The fraction of sp³-hybridized carbons (Fsp3) is 0.565. The van der Waals surface area contributed by atoms with Crippen molar-refractivity contribution in [1.82, 2.24) is 15.3 Å². The molecule has 0 radical (unpaired) electrons. The molecule has 0 unspecified atom stereocenters. The van der Waals surface area contributed by atoms with Gasteiger partial charge in [-0.3, -0.25) is 0 Å². The van der Waals surface area contributed by atoms with E-state index in [0.29, 0.717) is 41.0 Å². The van der Waals surface area contributed by atoms with Crippen LogP contribution in [0.1, 0.15) is 42.5 Å². The monoisotopic (exact) mass is 429 g/mol. The lowest BCUT2D eigenvalue weighted by atomic mass is 9.86. The van der Waals surface area contributed by atoms with Gasteiger partial charge in [0.05, 0.1) is 21.3 Å².